The minimum atomic E-state index is 0.328. The summed E-state index contributed by atoms with van der Waals surface area (Å²) in [5.74, 6) is 6.71. The lowest BCUT2D eigenvalue weighted by Crippen LogP contribution is -2.43. The van der Waals surface area contributed by atoms with Crippen molar-refractivity contribution in [1.82, 2.24) is 9.88 Å². The second-order valence-corrected chi connectivity index (χ2v) is 4.93. The molecule has 18 heavy (non-hydrogen) atoms. The van der Waals surface area contributed by atoms with Gasteiger partial charge in [0.25, 0.3) is 0 Å². The highest BCUT2D eigenvalue weighted by atomic mass is 16.5. The monoisotopic (exact) mass is 250 g/mol. The van der Waals surface area contributed by atoms with Crippen LogP contribution in [0.25, 0.3) is 0 Å². The van der Waals surface area contributed by atoms with Crippen molar-refractivity contribution in [2.75, 3.05) is 25.6 Å². The lowest BCUT2D eigenvalue weighted by Gasteiger charge is -2.36. The lowest BCUT2D eigenvalue weighted by atomic mass is 9.96. The summed E-state index contributed by atoms with van der Waals surface area (Å²) in [5, 5.41) is 0. The van der Waals surface area contributed by atoms with Crippen LogP contribution >= 0.6 is 0 Å². The molecule has 5 heteroatoms. The maximum absolute atomic E-state index is 5.52. The third kappa shape index (κ3) is 3.19. The molecule has 1 aromatic rings. The SMILES string of the molecule is COC1CN(Cc2cccc(NN)n2)CCC1C. The molecule has 0 bridgehead atoms. The second-order valence-electron chi connectivity index (χ2n) is 4.93. The first kappa shape index (κ1) is 13.3. The maximum atomic E-state index is 5.52. The first-order chi connectivity index (χ1) is 8.72. The van der Waals surface area contributed by atoms with Gasteiger partial charge in [-0.1, -0.05) is 13.0 Å². The van der Waals surface area contributed by atoms with Crippen molar-refractivity contribution in [2.24, 2.45) is 11.8 Å². The predicted molar refractivity (Wildman–Crippen MR) is 71.9 cm³/mol. The number of methoxy groups -OCH3 is 1. The zero-order valence-electron chi connectivity index (χ0n) is 11.1. The molecule has 2 rings (SSSR count). The Morgan fingerprint density at radius 3 is 3.11 bits per heavy atom. The molecule has 1 aromatic heterocycles. The van der Waals surface area contributed by atoms with Crippen LogP contribution in [-0.4, -0.2) is 36.2 Å². The number of aromatic nitrogens is 1. The van der Waals surface area contributed by atoms with E-state index in [1.54, 1.807) is 7.11 Å². The summed E-state index contributed by atoms with van der Waals surface area (Å²) in [4.78, 5) is 6.82. The van der Waals surface area contributed by atoms with Crippen LogP contribution in [0.4, 0.5) is 5.82 Å². The van der Waals surface area contributed by atoms with Crippen LogP contribution in [0.15, 0.2) is 18.2 Å². The van der Waals surface area contributed by atoms with Gasteiger partial charge < -0.3 is 10.2 Å². The Kier molecular flexibility index (Phi) is 4.52. The van der Waals surface area contributed by atoms with Crippen LogP contribution in [0, 0.1) is 5.92 Å². The standard InChI is InChI=1S/C13H22N4O/c1-10-6-7-17(9-12(10)18-2)8-11-4-3-5-13(15-11)16-14/h3-5,10,12H,6-9,14H2,1-2H3,(H,15,16). The highest BCUT2D eigenvalue weighted by Gasteiger charge is 2.25. The van der Waals surface area contributed by atoms with Gasteiger partial charge in [0.15, 0.2) is 0 Å². The Morgan fingerprint density at radius 2 is 2.39 bits per heavy atom. The van der Waals surface area contributed by atoms with Gasteiger partial charge in [0.05, 0.1) is 11.8 Å². The molecule has 3 N–H and O–H groups in total. The van der Waals surface area contributed by atoms with Gasteiger partial charge in [-0.15, -0.1) is 0 Å². The first-order valence-electron chi connectivity index (χ1n) is 6.40. The molecule has 0 saturated carbocycles. The van der Waals surface area contributed by atoms with Crippen molar-refractivity contribution in [2.45, 2.75) is 26.0 Å². The van der Waals surface area contributed by atoms with E-state index in [0.29, 0.717) is 17.8 Å². The van der Waals surface area contributed by atoms with E-state index in [1.807, 2.05) is 18.2 Å². The number of nitrogens with zero attached hydrogens (tertiary/aromatic N) is 2. The van der Waals surface area contributed by atoms with Crippen molar-refractivity contribution in [3.05, 3.63) is 23.9 Å². The van der Waals surface area contributed by atoms with Crippen molar-refractivity contribution in [3.63, 3.8) is 0 Å². The smallest absolute Gasteiger partial charge is 0.140 e. The van der Waals surface area contributed by atoms with Gasteiger partial charge in [0.1, 0.15) is 5.82 Å². The van der Waals surface area contributed by atoms with Crippen LogP contribution in [0.1, 0.15) is 19.0 Å². The lowest BCUT2D eigenvalue weighted by molar-refractivity contribution is -0.00777. The fourth-order valence-electron chi connectivity index (χ4n) is 2.43. The van der Waals surface area contributed by atoms with E-state index in [2.05, 4.69) is 22.2 Å². The van der Waals surface area contributed by atoms with Crippen molar-refractivity contribution in [3.8, 4) is 0 Å². The number of ether oxygens (including phenoxy) is 1. The minimum absolute atomic E-state index is 0.328. The van der Waals surface area contributed by atoms with E-state index in [0.717, 1.165) is 25.3 Å². The summed E-state index contributed by atoms with van der Waals surface area (Å²) in [7, 11) is 1.79. The zero-order chi connectivity index (χ0) is 13.0. The third-order valence-corrected chi connectivity index (χ3v) is 3.62. The van der Waals surface area contributed by atoms with Crippen LogP contribution in [0.5, 0.6) is 0 Å². The van der Waals surface area contributed by atoms with Gasteiger partial charge in [-0.25, -0.2) is 10.8 Å². The number of nitrogens with one attached hydrogen (secondary N) is 1. The highest BCUT2D eigenvalue weighted by molar-refractivity contribution is 5.33. The Balaban J connectivity index is 1.96. The van der Waals surface area contributed by atoms with Crippen molar-refractivity contribution >= 4 is 5.82 Å². The Hall–Kier alpha value is -1.17. The molecule has 0 aromatic carbocycles. The van der Waals surface area contributed by atoms with E-state index in [4.69, 9.17) is 10.6 Å². The van der Waals surface area contributed by atoms with Crippen LogP contribution in [-0.2, 0) is 11.3 Å². The van der Waals surface area contributed by atoms with Gasteiger partial charge in [-0.3, -0.25) is 4.90 Å². The number of hydrogen-bond donors (Lipinski definition) is 2. The van der Waals surface area contributed by atoms with Crippen molar-refractivity contribution in [1.29, 1.82) is 0 Å². The van der Waals surface area contributed by atoms with E-state index in [9.17, 15) is 0 Å². The first-order valence-corrected chi connectivity index (χ1v) is 6.40. The second kappa shape index (κ2) is 6.13. The molecule has 1 fully saturated rings. The number of likely N-dealkylation sites (tertiary alicyclic amines) is 1. The van der Waals surface area contributed by atoms with E-state index >= 15 is 0 Å². The van der Waals surface area contributed by atoms with Crippen LogP contribution in [0.3, 0.4) is 0 Å². The fraction of sp³-hybridized carbons (Fsp3) is 0.615. The molecule has 2 unspecified atom stereocenters. The zero-order valence-corrected chi connectivity index (χ0v) is 11.1. The summed E-state index contributed by atoms with van der Waals surface area (Å²) < 4.78 is 5.52. The maximum Gasteiger partial charge on any atom is 0.140 e. The Labute approximate surface area is 108 Å². The Bertz CT molecular complexity index is 385. The van der Waals surface area contributed by atoms with E-state index in [1.165, 1.54) is 6.42 Å². The number of pyridine rings is 1. The van der Waals surface area contributed by atoms with Crippen LogP contribution in [0.2, 0.25) is 0 Å². The molecule has 0 aliphatic carbocycles. The molecule has 5 nitrogen and oxygen atoms in total. The number of rotatable bonds is 4. The normalized spacial score (nSPS) is 25.1. The van der Waals surface area contributed by atoms with Crippen LogP contribution < -0.4 is 11.3 Å². The molecular formula is C13H22N4O. The summed E-state index contributed by atoms with van der Waals surface area (Å²) in [5.41, 5.74) is 3.61. The number of nitrogens with two attached hydrogens (primary N) is 1. The number of nitrogen functional groups attached to an aromatic ring is 1. The molecule has 1 aliphatic rings. The molecule has 1 aliphatic heterocycles. The number of anilines is 1. The molecule has 0 amide bonds. The van der Waals surface area contributed by atoms with E-state index in [-0.39, 0.29) is 0 Å². The summed E-state index contributed by atoms with van der Waals surface area (Å²) >= 11 is 0. The van der Waals surface area contributed by atoms with Gasteiger partial charge in [-0.05, 0) is 31.0 Å². The predicted octanol–water partition coefficient (Wildman–Crippen LogP) is 1.22. The van der Waals surface area contributed by atoms with Gasteiger partial charge in [0, 0.05) is 20.2 Å². The summed E-state index contributed by atoms with van der Waals surface area (Å²) in [6.45, 7) is 5.17. The molecule has 2 atom stereocenters. The van der Waals surface area contributed by atoms with Gasteiger partial charge >= 0.3 is 0 Å². The fourth-order valence-corrected chi connectivity index (χ4v) is 2.43. The molecule has 0 spiro atoms. The average Bonchev–Trinajstić information content (AvgIpc) is 2.41. The third-order valence-electron chi connectivity index (χ3n) is 3.62. The topological polar surface area (TPSA) is 63.4 Å². The summed E-state index contributed by atoms with van der Waals surface area (Å²) in [6.07, 6.45) is 1.50. The minimum Gasteiger partial charge on any atom is -0.380 e. The molecule has 2 heterocycles. The van der Waals surface area contributed by atoms with E-state index < -0.39 is 0 Å². The molecule has 100 valence electrons. The Morgan fingerprint density at radius 1 is 1.56 bits per heavy atom. The highest BCUT2D eigenvalue weighted by Crippen LogP contribution is 2.20. The largest absolute Gasteiger partial charge is 0.380 e. The molecule has 1 saturated heterocycles. The number of piperidine rings is 1. The molecular weight excluding hydrogens is 228 g/mol. The van der Waals surface area contributed by atoms with Crippen molar-refractivity contribution < 1.29 is 4.74 Å². The summed E-state index contributed by atoms with van der Waals surface area (Å²) in [6, 6.07) is 5.86. The van der Waals surface area contributed by atoms with Gasteiger partial charge in [-0.2, -0.15) is 0 Å². The average molecular weight is 250 g/mol. The quantitative estimate of drug-likeness (QED) is 0.621. The number of hydrogen-bond acceptors (Lipinski definition) is 5. The number of hydrazine groups is 1. The molecule has 0 radical (unpaired) electrons. The van der Waals surface area contributed by atoms with Gasteiger partial charge in [0.2, 0.25) is 0 Å².